The molecule has 1 atom stereocenters. The Labute approximate surface area is 208 Å². The van der Waals surface area contributed by atoms with Crippen molar-refractivity contribution >= 4 is 29.2 Å². The number of carbonyl (C=O) groups excluding carboxylic acids is 3. The Hall–Kier alpha value is -4.53. The van der Waals surface area contributed by atoms with Crippen LogP contribution in [-0.4, -0.2) is 45.2 Å². The van der Waals surface area contributed by atoms with E-state index in [1.54, 1.807) is 79.9 Å². The summed E-state index contributed by atoms with van der Waals surface area (Å²) in [5.74, 6) is 0.661. The van der Waals surface area contributed by atoms with Crippen LogP contribution < -0.4 is 24.4 Å². The minimum Gasteiger partial charge on any atom is -0.497 e. The monoisotopic (exact) mass is 490 g/mol. The molecule has 0 aromatic heterocycles. The summed E-state index contributed by atoms with van der Waals surface area (Å²) in [7, 11) is 3.12. The summed E-state index contributed by atoms with van der Waals surface area (Å²) in [4.78, 5) is 38.7. The van der Waals surface area contributed by atoms with Crippen LogP contribution >= 0.6 is 0 Å². The molecule has 0 saturated carbocycles. The van der Waals surface area contributed by atoms with Crippen molar-refractivity contribution in [2.24, 2.45) is 5.92 Å². The maximum atomic E-state index is 12.5. The van der Waals surface area contributed by atoms with Crippen molar-refractivity contribution in [3.8, 4) is 23.0 Å². The topological polar surface area (TPSA) is 103 Å². The van der Waals surface area contributed by atoms with Gasteiger partial charge in [-0.05, 0) is 60.7 Å². The molecular weight excluding hydrogens is 464 g/mol. The number of methoxy groups -OCH3 is 2. The van der Waals surface area contributed by atoms with Gasteiger partial charge >= 0.3 is 5.97 Å². The molecule has 1 aliphatic heterocycles. The van der Waals surface area contributed by atoms with Crippen molar-refractivity contribution in [3.05, 3.63) is 72.8 Å². The fourth-order valence-corrected chi connectivity index (χ4v) is 3.74. The molecular formula is C27H26N2O7. The lowest BCUT2D eigenvalue weighted by molar-refractivity contribution is -0.151. The second-order valence-electron chi connectivity index (χ2n) is 8.06. The zero-order valence-electron chi connectivity index (χ0n) is 19.9. The summed E-state index contributed by atoms with van der Waals surface area (Å²) >= 11 is 0. The van der Waals surface area contributed by atoms with Crippen molar-refractivity contribution < 1.29 is 33.3 Å². The van der Waals surface area contributed by atoms with E-state index in [9.17, 15) is 14.4 Å². The number of nitrogens with one attached hydrogen (secondary N) is 1. The third-order valence-electron chi connectivity index (χ3n) is 5.60. The normalized spacial score (nSPS) is 14.8. The summed E-state index contributed by atoms with van der Waals surface area (Å²) in [6.07, 6.45) is 0.0143. The molecule has 0 spiro atoms. The number of rotatable bonds is 9. The van der Waals surface area contributed by atoms with Crippen molar-refractivity contribution in [2.45, 2.75) is 6.42 Å². The van der Waals surface area contributed by atoms with Crippen LogP contribution in [0.15, 0.2) is 72.8 Å². The molecule has 0 bridgehead atoms. The van der Waals surface area contributed by atoms with Gasteiger partial charge in [0.2, 0.25) is 5.91 Å². The first-order valence-corrected chi connectivity index (χ1v) is 11.3. The van der Waals surface area contributed by atoms with E-state index in [-0.39, 0.29) is 18.9 Å². The number of hydrogen-bond donors (Lipinski definition) is 1. The fraction of sp³-hybridized carbons (Fsp3) is 0.222. The Morgan fingerprint density at radius 2 is 1.53 bits per heavy atom. The van der Waals surface area contributed by atoms with Gasteiger partial charge in [0.15, 0.2) is 6.61 Å². The highest BCUT2D eigenvalue weighted by atomic mass is 16.5. The largest absolute Gasteiger partial charge is 0.497 e. The number of amides is 2. The summed E-state index contributed by atoms with van der Waals surface area (Å²) in [5, 5.41) is 2.64. The van der Waals surface area contributed by atoms with E-state index >= 15 is 0 Å². The van der Waals surface area contributed by atoms with E-state index in [0.717, 1.165) is 5.75 Å². The molecule has 3 aromatic carbocycles. The second-order valence-corrected chi connectivity index (χ2v) is 8.06. The predicted octanol–water partition coefficient (Wildman–Crippen LogP) is 4.03. The van der Waals surface area contributed by atoms with Crippen LogP contribution in [0.25, 0.3) is 0 Å². The second kappa shape index (κ2) is 11.3. The van der Waals surface area contributed by atoms with Crippen LogP contribution in [0.5, 0.6) is 23.0 Å². The van der Waals surface area contributed by atoms with E-state index in [4.69, 9.17) is 18.9 Å². The Morgan fingerprint density at radius 3 is 2.19 bits per heavy atom. The smallest absolute Gasteiger partial charge is 0.311 e. The number of benzene rings is 3. The van der Waals surface area contributed by atoms with E-state index in [1.165, 1.54) is 12.0 Å². The lowest BCUT2D eigenvalue weighted by Crippen LogP contribution is -2.28. The van der Waals surface area contributed by atoms with E-state index in [1.807, 2.05) is 0 Å². The van der Waals surface area contributed by atoms with Crippen LogP contribution in [-0.2, 0) is 19.1 Å². The van der Waals surface area contributed by atoms with Crippen molar-refractivity contribution in [2.75, 3.05) is 37.6 Å². The van der Waals surface area contributed by atoms with Gasteiger partial charge in [0.25, 0.3) is 5.91 Å². The Kier molecular flexibility index (Phi) is 7.69. The molecule has 0 unspecified atom stereocenters. The number of nitrogens with zero attached hydrogens (tertiary/aromatic N) is 1. The van der Waals surface area contributed by atoms with E-state index in [2.05, 4.69) is 5.32 Å². The first-order chi connectivity index (χ1) is 17.4. The van der Waals surface area contributed by atoms with Gasteiger partial charge in [0, 0.05) is 30.4 Å². The van der Waals surface area contributed by atoms with Gasteiger partial charge in [0.05, 0.1) is 20.1 Å². The van der Waals surface area contributed by atoms with Crippen LogP contribution in [0, 0.1) is 5.92 Å². The van der Waals surface area contributed by atoms with E-state index < -0.39 is 24.4 Å². The molecule has 0 radical (unpaired) electrons. The Balaban J connectivity index is 1.28. The number of carbonyl (C=O) groups is 3. The molecule has 9 heteroatoms. The zero-order valence-corrected chi connectivity index (χ0v) is 19.9. The Bertz CT molecular complexity index is 1230. The standard InChI is InChI=1S/C27H26N2O7/c1-33-21-10-12-23(13-11-21)36-22-8-6-20(7-9-22)29-16-18(14-26(29)31)27(32)35-17-25(30)28-19-4-3-5-24(15-19)34-2/h3-13,15,18H,14,16-17H2,1-2H3,(H,28,30)/t18-/m0/s1. The zero-order chi connectivity index (χ0) is 25.5. The SMILES string of the molecule is COc1ccc(Oc2ccc(N3C[C@@H](C(=O)OCC(=O)Nc4cccc(OC)c4)CC3=O)cc2)cc1. The van der Waals surface area contributed by atoms with Crippen molar-refractivity contribution in [1.82, 2.24) is 0 Å². The van der Waals surface area contributed by atoms with Gasteiger partial charge in [-0.25, -0.2) is 0 Å². The van der Waals surface area contributed by atoms with Gasteiger partial charge in [-0.15, -0.1) is 0 Å². The third kappa shape index (κ3) is 6.12. The first-order valence-electron chi connectivity index (χ1n) is 11.3. The molecule has 36 heavy (non-hydrogen) atoms. The molecule has 9 nitrogen and oxygen atoms in total. The molecule has 1 fully saturated rings. The molecule has 4 rings (SSSR count). The molecule has 0 aliphatic carbocycles. The van der Waals surface area contributed by atoms with Gasteiger partial charge in [0.1, 0.15) is 23.0 Å². The predicted molar refractivity (Wildman–Crippen MR) is 133 cm³/mol. The fourth-order valence-electron chi connectivity index (χ4n) is 3.74. The number of anilines is 2. The van der Waals surface area contributed by atoms with E-state index in [0.29, 0.717) is 28.6 Å². The molecule has 3 aromatic rings. The minimum absolute atomic E-state index is 0.0143. The van der Waals surface area contributed by atoms with Crippen LogP contribution in [0.2, 0.25) is 0 Å². The summed E-state index contributed by atoms with van der Waals surface area (Å²) < 4.78 is 21.2. The summed E-state index contributed by atoms with van der Waals surface area (Å²) in [5.41, 5.74) is 1.17. The number of ether oxygens (including phenoxy) is 4. The number of esters is 1. The van der Waals surface area contributed by atoms with Crippen LogP contribution in [0.3, 0.4) is 0 Å². The van der Waals surface area contributed by atoms with Gasteiger partial charge in [-0.3, -0.25) is 14.4 Å². The molecule has 1 heterocycles. The Morgan fingerprint density at radius 1 is 0.889 bits per heavy atom. The lowest BCUT2D eigenvalue weighted by atomic mass is 10.1. The summed E-state index contributed by atoms with van der Waals surface area (Å²) in [6, 6.07) is 21.0. The third-order valence-corrected chi connectivity index (χ3v) is 5.60. The summed E-state index contributed by atoms with van der Waals surface area (Å²) in [6.45, 7) is -0.272. The highest BCUT2D eigenvalue weighted by Crippen LogP contribution is 2.29. The van der Waals surface area contributed by atoms with Crippen molar-refractivity contribution in [3.63, 3.8) is 0 Å². The molecule has 1 N–H and O–H groups in total. The maximum Gasteiger partial charge on any atom is 0.311 e. The molecule has 2 amide bonds. The van der Waals surface area contributed by atoms with Crippen LogP contribution in [0.1, 0.15) is 6.42 Å². The average Bonchev–Trinajstić information content (AvgIpc) is 3.30. The highest BCUT2D eigenvalue weighted by molar-refractivity contribution is 6.00. The maximum absolute atomic E-state index is 12.5. The molecule has 186 valence electrons. The molecule has 1 saturated heterocycles. The number of hydrogen-bond acceptors (Lipinski definition) is 7. The minimum atomic E-state index is -0.655. The molecule has 1 aliphatic rings. The van der Waals surface area contributed by atoms with Crippen LogP contribution in [0.4, 0.5) is 11.4 Å². The average molecular weight is 491 g/mol. The quantitative estimate of drug-likeness (QED) is 0.452. The lowest BCUT2D eigenvalue weighted by Gasteiger charge is -2.17. The van der Waals surface area contributed by atoms with Gasteiger partial charge < -0.3 is 29.2 Å². The van der Waals surface area contributed by atoms with Crippen molar-refractivity contribution in [1.29, 1.82) is 0 Å². The highest BCUT2D eigenvalue weighted by Gasteiger charge is 2.36. The first kappa shape index (κ1) is 24.6. The van der Waals surface area contributed by atoms with Gasteiger partial charge in [-0.2, -0.15) is 0 Å². The van der Waals surface area contributed by atoms with Gasteiger partial charge in [-0.1, -0.05) is 6.07 Å².